The van der Waals surface area contributed by atoms with Crippen molar-refractivity contribution in [1.82, 2.24) is 5.32 Å². The highest BCUT2D eigenvalue weighted by molar-refractivity contribution is 5.97. The van der Waals surface area contributed by atoms with E-state index in [4.69, 9.17) is 4.74 Å². The van der Waals surface area contributed by atoms with Gasteiger partial charge in [0.15, 0.2) is 0 Å². The minimum absolute atomic E-state index is 0.0829. The molecule has 21 heavy (non-hydrogen) atoms. The number of para-hydroxylation sites is 1. The van der Waals surface area contributed by atoms with Crippen LogP contribution in [-0.2, 0) is 0 Å². The van der Waals surface area contributed by atoms with Crippen LogP contribution in [0.25, 0.3) is 0 Å². The molecular weight excluding hydrogens is 270 g/mol. The number of fused-ring (bicyclic) bond motifs is 1. The Morgan fingerprint density at radius 3 is 2.81 bits per heavy atom. The van der Waals surface area contributed by atoms with Crippen LogP contribution in [0.3, 0.4) is 0 Å². The highest BCUT2D eigenvalue weighted by atomic mass is 16.5. The Bertz CT molecular complexity index is 684. The van der Waals surface area contributed by atoms with Crippen LogP contribution in [0.1, 0.15) is 28.4 Å². The SMILES string of the molecule is O=C(N[C@H]1CCOc2ccccc21)c1ccc(O)cc1O. The molecule has 0 saturated heterocycles. The highest BCUT2D eigenvalue weighted by Gasteiger charge is 2.24. The number of carbonyl (C=O) groups excluding carboxylic acids is 1. The number of aromatic hydroxyl groups is 2. The van der Waals surface area contributed by atoms with Crippen molar-refractivity contribution in [2.24, 2.45) is 0 Å². The average Bonchev–Trinajstić information content (AvgIpc) is 2.47. The van der Waals surface area contributed by atoms with Gasteiger partial charge in [0.2, 0.25) is 0 Å². The third-order valence-corrected chi connectivity index (χ3v) is 3.49. The molecule has 3 rings (SSSR count). The summed E-state index contributed by atoms with van der Waals surface area (Å²) in [5.41, 5.74) is 1.06. The molecule has 1 aliphatic rings. The number of phenolic OH excluding ortho intramolecular Hbond substituents is 2. The second-order valence-corrected chi connectivity index (χ2v) is 4.90. The lowest BCUT2D eigenvalue weighted by Crippen LogP contribution is -2.32. The first kappa shape index (κ1) is 13.3. The van der Waals surface area contributed by atoms with E-state index in [2.05, 4.69) is 5.32 Å². The van der Waals surface area contributed by atoms with E-state index in [1.807, 2.05) is 24.3 Å². The van der Waals surface area contributed by atoms with E-state index in [0.29, 0.717) is 13.0 Å². The van der Waals surface area contributed by atoms with Crippen molar-refractivity contribution in [2.45, 2.75) is 12.5 Å². The molecule has 1 atom stereocenters. The zero-order valence-electron chi connectivity index (χ0n) is 11.2. The van der Waals surface area contributed by atoms with Gasteiger partial charge in [-0.3, -0.25) is 4.79 Å². The van der Waals surface area contributed by atoms with Crippen LogP contribution in [0.2, 0.25) is 0 Å². The standard InChI is InChI=1S/C16H15NO4/c18-10-5-6-12(14(19)9-10)16(20)17-13-7-8-21-15-4-2-1-3-11(13)15/h1-6,9,13,18-19H,7-8H2,(H,17,20)/t13-/m0/s1. The second kappa shape index (κ2) is 5.36. The predicted octanol–water partition coefficient (Wildman–Crippen LogP) is 2.35. The molecule has 0 saturated carbocycles. The number of rotatable bonds is 2. The van der Waals surface area contributed by atoms with Gasteiger partial charge in [0.05, 0.1) is 18.2 Å². The molecule has 108 valence electrons. The van der Waals surface area contributed by atoms with Gasteiger partial charge in [0, 0.05) is 18.1 Å². The molecule has 0 aliphatic carbocycles. The summed E-state index contributed by atoms with van der Waals surface area (Å²) in [6, 6.07) is 11.3. The second-order valence-electron chi connectivity index (χ2n) is 4.90. The van der Waals surface area contributed by atoms with Gasteiger partial charge >= 0.3 is 0 Å². The van der Waals surface area contributed by atoms with Crippen molar-refractivity contribution >= 4 is 5.91 Å². The van der Waals surface area contributed by atoms with Crippen LogP contribution in [-0.4, -0.2) is 22.7 Å². The molecule has 0 radical (unpaired) electrons. The lowest BCUT2D eigenvalue weighted by molar-refractivity contribution is 0.0922. The topological polar surface area (TPSA) is 78.8 Å². The van der Waals surface area contributed by atoms with E-state index in [-0.39, 0.29) is 29.0 Å². The Morgan fingerprint density at radius 1 is 1.19 bits per heavy atom. The summed E-state index contributed by atoms with van der Waals surface area (Å²) in [6.07, 6.45) is 0.668. The van der Waals surface area contributed by atoms with Gasteiger partial charge in [-0.25, -0.2) is 0 Å². The number of carbonyl (C=O) groups is 1. The van der Waals surface area contributed by atoms with Crippen molar-refractivity contribution in [1.29, 1.82) is 0 Å². The van der Waals surface area contributed by atoms with Crippen LogP contribution < -0.4 is 10.1 Å². The molecule has 0 unspecified atom stereocenters. The number of ether oxygens (including phenoxy) is 1. The smallest absolute Gasteiger partial charge is 0.255 e. The normalized spacial score (nSPS) is 16.7. The van der Waals surface area contributed by atoms with Crippen LogP contribution in [0, 0.1) is 0 Å². The molecule has 3 N–H and O–H groups in total. The third kappa shape index (κ3) is 2.63. The van der Waals surface area contributed by atoms with E-state index in [1.54, 1.807) is 0 Å². The number of amides is 1. The minimum atomic E-state index is -0.380. The van der Waals surface area contributed by atoms with Gasteiger partial charge in [-0.05, 0) is 18.2 Å². The molecule has 0 bridgehead atoms. The van der Waals surface area contributed by atoms with Gasteiger partial charge in [-0.15, -0.1) is 0 Å². The van der Waals surface area contributed by atoms with E-state index < -0.39 is 0 Å². The van der Waals surface area contributed by atoms with Crippen LogP contribution in [0.5, 0.6) is 17.2 Å². The molecule has 2 aromatic carbocycles. The summed E-state index contributed by atoms with van der Waals surface area (Å²) in [7, 11) is 0. The van der Waals surface area contributed by atoms with E-state index in [1.165, 1.54) is 12.1 Å². The van der Waals surface area contributed by atoms with Crippen molar-refractivity contribution in [3.05, 3.63) is 53.6 Å². The quantitative estimate of drug-likeness (QED) is 0.791. The molecule has 5 nitrogen and oxygen atoms in total. The summed E-state index contributed by atoms with van der Waals surface area (Å²) in [5.74, 6) is 0.0616. The molecule has 5 heteroatoms. The summed E-state index contributed by atoms with van der Waals surface area (Å²) in [4.78, 5) is 12.3. The monoisotopic (exact) mass is 285 g/mol. The summed E-state index contributed by atoms with van der Waals surface area (Å²) in [6.45, 7) is 0.531. The molecule has 1 aliphatic heterocycles. The summed E-state index contributed by atoms with van der Waals surface area (Å²) >= 11 is 0. The van der Waals surface area contributed by atoms with Gasteiger partial charge in [0.1, 0.15) is 17.2 Å². The Balaban J connectivity index is 1.83. The first-order valence-corrected chi connectivity index (χ1v) is 6.70. The van der Waals surface area contributed by atoms with E-state index >= 15 is 0 Å². The molecule has 0 fully saturated rings. The lowest BCUT2D eigenvalue weighted by atomic mass is 10.00. The maximum Gasteiger partial charge on any atom is 0.255 e. The van der Waals surface area contributed by atoms with E-state index in [0.717, 1.165) is 17.4 Å². The Hall–Kier alpha value is -2.69. The zero-order valence-corrected chi connectivity index (χ0v) is 11.2. The van der Waals surface area contributed by atoms with Gasteiger partial charge in [-0.2, -0.15) is 0 Å². The maximum atomic E-state index is 12.3. The maximum absolute atomic E-state index is 12.3. The van der Waals surface area contributed by atoms with Gasteiger partial charge in [0.25, 0.3) is 5.91 Å². The number of hydrogen-bond donors (Lipinski definition) is 3. The summed E-state index contributed by atoms with van der Waals surface area (Å²) < 4.78 is 5.55. The van der Waals surface area contributed by atoms with Crippen molar-refractivity contribution < 1.29 is 19.7 Å². The molecular formula is C16H15NO4. The number of phenols is 2. The van der Waals surface area contributed by atoms with Crippen LogP contribution in [0.4, 0.5) is 0 Å². The zero-order chi connectivity index (χ0) is 14.8. The Morgan fingerprint density at radius 2 is 2.00 bits per heavy atom. The lowest BCUT2D eigenvalue weighted by Gasteiger charge is -2.26. The Labute approximate surface area is 121 Å². The fourth-order valence-electron chi connectivity index (χ4n) is 2.44. The molecule has 0 spiro atoms. The molecule has 2 aromatic rings. The number of benzene rings is 2. The number of nitrogens with one attached hydrogen (secondary N) is 1. The fourth-order valence-corrected chi connectivity index (χ4v) is 2.44. The fraction of sp³-hybridized carbons (Fsp3) is 0.188. The highest BCUT2D eigenvalue weighted by Crippen LogP contribution is 2.32. The third-order valence-electron chi connectivity index (χ3n) is 3.49. The van der Waals surface area contributed by atoms with Gasteiger partial charge in [-0.1, -0.05) is 18.2 Å². The van der Waals surface area contributed by atoms with Crippen molar-refractivity contribution in [3.8, 4) is 17.2 Å². The van der Waals surface area contributed by atoms with Gasteiger partial charge < -0.3 is 20.3 Å². The average molecular weight is 285 g/mol. The molecule has 1 heterocycles. The van der Waals surface area contributed by atoms with Crippen molar-refractivity contribution in [3.63, 3.8) is 0 Å². The van der Waals surface area contributed by atoms with E-state index in [9.17, 15) is 15.0 Å². The number of hydrogen-bond acceptors (Lipinski definition) is 4. The Kier molecular flexibility index (Phi) is 3.39. The van der Waals surface area contributed by atoms with Crippen LogP contribution >= 0.6 is 0 Å². The first-order valence-electron chi connectivity index (χ1n) is 6.70. The predicted molar refractivity (Wildman–Crippen MR) is 76.5 cm³/mol. The largest absolute Gasteiger partial charge is 0.508 e. The minimum Gasteiger partial charge on any atom is -0.508 e. The molecule has 0 aromatic heterocycles. The first-order chi connectivity index (χ1) is 10.1. The summed E-state index contributed by atoms with van der Waals surface area (Å²) in [5, 5.41) is 21.9. The molecule has 1 amide bonds. The van der Waals surface area contributed by atoms with Crippen LogP contribution in [0.15, 0.2) is 42.5 Å². The van der Waals surface area contributed by atoms with Crippen molar-refractivity contribution in [2.75, 3.05) is 6.61 Å².